The van der Waals surface area contributed by atoms with E-state index in [4.69, 9.17) is 4.74 Å². The molecule has 2 aromatic rings. The van der Waals surface area contributed by atoms with Crippen molar-refractivity contribution >= 4 is 0 Å². The summed E-state index contributed by atoms with van der Waals surface area (Å²) >= 11 is 0. The van der Waals surface area contributed by atoms with Gasteiger partial charge in [0.15, 0.2) is 0 Å². The van der Waals surface area contributed by atoms with E-state index in [-0.39, 0.29) is 6.54 Å². The molecule has 1 unspecified atom stereocenters. The number of likely N-dealkylation sites (tertiary alicyclic amines) is 1. The Hall–Kier alpha value is -1.94. The van der Waals surface area contributed by atoms with Gasteiger partial charge in [-0.3, -0.25) is 4.90 Å². The maximum absolute atomic E-state index is 14.6. The molecule has 4 heteroatoms. The predicted octanol–water partition coefficient (Wildman–Crippen LogP) is 5.30. The normalized spacial score (nSPS) is 20.3. The molecule has 1 atom stereocenters. The third-order valence-corrected chi connectivity index (χ3v) is 4.75. The van der Waals surface area contributed by atoms with Crippen LogP contribution in [0.25, 0.3) is 0 Å². The molecule has 2 aromatic carbocycles. The second-order valence-corrected chi connectivity index (χ2v) is 7.36. The van der Waals surface area contributed by atoms with Gasteiger partial charge in [-0.2, -0.15) is 0 Å². The first-order valence-electron chi connectivity index (χ1n) is 9.10. The number of alkyl halides is 2. The average Bonchev–Trinajstić information content (AvgIpc) is 2.60. The second-order valence-electron chi connectivity index (χ2n) is 7.36. The fourth-order valence-electron chi connectivity index (χ4n) is 3.54. The zero-order valence-electron chi connectivity index (χ0n) is 15.4. The maximum atomic E-state index is 14.6. The summed E-state index contributed by atoms with van der Waals surface area (Å²) in [4.78, 5) is 1.85. The van der Waals surface area contributed by atoms with Crippen LogP contribution in [-0.2, 0) is 6.61 Å². The van der Waals surface area contributed by atoms with Crippen LogP contribution in [0.5, 0.6) is 5.75 Å². The van der Waals surface area contributed by atoms with Crippen LogP contribution in [0, 0.1) is 5.92 Å². The van der Waals surface area contributed by atoms with Crippen molar-refractivity contribution in [3.8, 4) is 5.75 Å². The van der Waals surface area contributed by atoms with Crippen LogP contribution in [0.2, 0.25) is 0 Å². The highest BCUT2D eigenvalue weighted by molar-refractivity contribution is 5.31. The van der Waals surface area contributed by atoms with E-state index < -0.39 is 11.8 Å². The smallest absolute Gasteiger partial charge is 0.267 e. The topological polar surface area (TPSA) is 12.5 Å². The summed E-state index contributed by atoms with van der Waals surface area (Å²) in [6, 6.07) is 17.1. The van der Waals surface area contributed by atoms with Gasteiger partial charge in [0, 0.05) is 6.54 Å². The minimum absolute atomic E-state index is 0.172. The standard InChI is InChI=1S/C22H26F2NO/c1-17(2)14-25-13-12-21(22(23,24)16-25)19-8-10-20(11-9-19)26-15-18-6-4-3-5-7-18/h3-11,21H,12-16H2,1-2H3. The average molecular weight is 358 g/mol. The zero-order chi connectivity index (χ0) is 18.6. The van der Waals surface area contributed by atoms with Gasteiger partial charge in [-0.25, -0.2) is 8.78 Å². The molecule has 0 saturated carbocycles. The van der Waals surface area contributed by atoms with Gasteiger partial charge < -0.3 is 4.74 Å². The summed E-state index contributed by atoms with van der Waals surface area (Å²) in [5.41, 5.74) is 1.78. The number of nitrogens with zero attached hydrogens (tertiary/aromatic N) is 1. The van der Waals surface area contributed by atoms with E-state index in [0.717, 1.165) is 5.56 Å². The van der Waals surface area contributed by atoms with E-state index in [1.807, 2.05) is 49.1 Å². The quantitative estimate of drug-likeness (QED) is 0.694. The summed E-state index contributed by atoms with van der Waals surface area (Å²) in [7, 11) is 0. The fraction of sp³-hybridized carbons (Fsp3) is 0.409. The van der Waals surface area contributed by atoms with E-state index in [0.29, 0.717) is 37.4 Å². The molecule has 3 rings (SSSR count). The van der Waals surface area contributed by atoms with Crippen molar-refractivity contribution in [1.82, 2.24) is 4.90 Å². The molecule has 1 aliphatic rings. The number of ether oxygens (including phenoxy) is 1. The van der Waals surface area contributed by atoms with E-state index in [1.165, 1.54) is 5.92 Å². The van der Waals surface area contributed by atoms with Gasteiger partial charge in [0.2, 0.25) is 0 Å². The molecule has 1 saturated heterocycles. The highest BCUT2D eigenvalue weighted by Crippen LogP contribution is 2.40. The largest absolute Gasteiger partial charge is 0.489 e. The Morgan fingerprint density at radius 1 is 1.08 bits per heavy atom. The molecular formula is C22H26F2NO. The molecule has 1 fully saturated rings. The molecule has 1 heterocycles. The van der Waals surface area contributed by atoms with Crippen molar-refractivity contribution in [3.63, 3.8) is 0 Å². The predicted molar refractivity (Wildman–Crippen MR) is 101 cm³/mol. The first-order chi connectivity index (χ1) is 12.4. The van der Waals surface area contributed by atoms with Crippen LogP contribution in [0.4, 0.5) is 8.78 Å². The Morgan fingerprint density at radius 3 is 2.38 bits per heavy atom. The highest BCUT2D eigenvalue weighted by Gasteiger charge is 2.45. The lowest BCUT2D eigenvalue weighted by Crippen LogP contribution is -2.48. The molecule has 0 aromatic heterocycles. The third kappa shape index (κ3) is 4.82. The summed E-state index contributed by atoms with van der Waals surface area (Å²) in [6.45, 7) is 5.62. The molecule has 0 aliphatic carbocycles. The maximum Gasteiger partial charge on any atom is 0.267 e. The van der Waals surface area contributed by atoms with Gasteiger partial charge in [0.05, 0.1) is 12.5 Å². The first-order valence-corrected chi connectivity index (χ1v) is 9.10. The molecule has 2 nitrogen and oxygen atoms in total. The lowest BCUT2D eigenvalue weighted by atomic mass is 9.86. The number of hydrogen-bond donors (Lipinski definition) is 0. The van der Waals surface area contributed by atoms with Crippen molar-refractivity contribution in [1.29, 1.82) is 0 Å². The van der Waals surface area contributed by atoms with Crippen molar-refractivity contribution in [2.24, 2.45) is 0 Å². The van der Waals surface area contributed by atoms with Crippen LogP contribution in [-0.4, -0.2) is 30.5 Å². The fourth-order valence-corrected chi connectivity index (χ4v) is 3.54. The van der Waals surface area contributed by atoms with Crippen LogP contribution in [0.3, 0.4) is 0 Å². The number of rotatable bonds is 6. The van der Waals surface area contributed by atoms with Crippen molar-refractivity contribution in [2.45, 2.75) is 38.7 Å². The molecular weight excluding hydrogens is 332 g/mol. The third-order valence-electron chi connectivity index (χ3n) is 4.75. The van der Waals surface area contributed by atoms with Gasteiger partial charge in [0.25, 0.3) is 5.92 Å². The number of piperidine rings is 1. The molecule has 0 amide bonds. The summed E-state index contributed by atoms with van der Waals surface area (Å²) in [5, 5.41) is 0. The number of halogens is 2. The van der Waals surface area contributed by atoms with E-state index in [2.05, 4.69) is 0 Å². The van der Waals surface area contributed by atoms with Gasteiger partial charge in [-0.15, -0.1) is 0 Å². The molecule has 0 N–H and O–H groups in total. The lowest BCUT2D eigenvalue weighted by Gasteiger charge is -2.39. The highest BCUT2D eigenvalue weighted by atomic mass is 19.3. The Labute approximate surface area is 154 Å². The van der Waals surface area contributed by atoms with Crippen LogP contribution >= 0.6 is 0 Å². The monoisotopic (exact) mass is 358 g/mol. The number of benzene rings is 2. The van der Waals surface area contributed by atoms with Crippen molar-refractivity contribution < 1.29 is 13.5 Å². The first kappa shape index (κ1) is 18.8. The van der Waals surface area contributed by atoms with Gasteiger partial charge in [-0.05, 0) is 42.1 Å². The van der Waals surface area contributed by atoms with E-state index in [1.54, 1.807) is 24.3 Å². The van der Waals surface area contributed by atoms with Crippen LogP contribution < -0.4 is 4.74 Å². The minimum Gasteiger partial charge on any atom is -0.489 e. The summed E-state index contributed by atoms with van der Waals surface area (Å²) in [5.74, 6) is -1.56. The molecule has 0 bridgehead atoms. The van der Waals surface area contributed by atoms with E-state index in [9.17, 15) is 8.78 Å². The Kier molecular flexibility index (Phi) is 5.92. The second kappa shape index (κ2) is 8.17. The molecule has 0 spiro atoms. The molecule has 1 aliphatic heterocycles. The minimum atomic E-state index is -2.71. The molecule has 139 valence electrons. The molecule has 1 radical (unpaired) electrons. The van der Waals surface area contributed by atoms with Crippen LogP contribution in [0.1, 0.15) is 37.3 Å². The van der Waals surface area contributed by atoms with Crippen molar-refractivity contribution in [2.75, 3.05) is 19.6 Å². The summed E-state index contributed by atoms with van der Waals surface area (Å²) in [6.07, 6.45) is 0.477. The summed E-state index contributed by atoms with van der Waals surface area (Å²) < 4.78 is 35.0. The van der Waals surface area contributed by atoms with Gasteiger partial charge in [-0.1, -0.05) is 56.3 Å². The van der Waals surface area contributed by atoms with Gasteiger partial charge >= 0.3 is 0 Å². The van der Waals surface area contributed by atoms with Gasteiger partial charge in [0.1, 0.15) is 12.4 Å². The SMILES string of the molecule is C[C](C)CN1CCC(c2ccc(OCc3ccccc3)cc2)C(F)(F)C1. The Balaban J connectivity index is 1.61. The Morgan fingerprint density at radius 2 is 1.77 bits per heavy atom. The Bertz CT molecular complexity index is 685. The molecule has 26 heavy (non-hydrogen) atoms. The van der Waals surface area contributed by atoms with Crippen molar-refractivity contribution in [3.05, 3.63) is 71.6 Å². The number of hydrogen-bond acceptors (Lipinski definition) is 2. The van der Waals surface area contributed by atoms with E-state index >= 15 is 0 Å². The zero-order valence-corrected chi connectivity index (χ0v) is 15.4. The van der Waals surface area contributed by atoms with Crippen LogP contribution in [0.15, 0.2) is 54.6 Å². The lowest BCUT2D eigenvalue weighted by molar-refractivity contribution is -0.0815.